The Morgan fingerprint density at radius 3 is 2.64 bits per heavy atom. The molecule has 0 amide bonds. The number of phenols is 1. The van der Waals surface area contributed by atoms with Crippen LogP contribution in [0.2, 0.25) is 0 Å². The molecule has 3 heteroatoms. The van der Waals surface area contributed by atoms with Gasteiger partial charge in [0.25, 0.3) is 0 Å². The van der Waals surface area contributed by atoms with Crippen LogP contribution in [0.1, 0.15) is 11.1 Å². The molecule has 0 heterocycles. The van der Waals surface area contributed by atoms with E-state index in [4.69, 9.17) is 11.1 Å². The van der Waals surface area contributed by atoms with Gasteiger partial charge in [-0.1, -0.05) is 11.6 Å². The number of aryl methyl sites for hydroxylation is 1. The van der Waals surface area contributed by atoms with E-state index in [1.165, 1.54) is 6.07 Å². The van der Waals surface area contributed by atoms with Crippen molar-refractivity contribution < 1.29 is 5.11 Å². The van der Waals surface area contributed by atoms with Crippen LogP contribution in [0.5, 0.6) is 5.75 Å². The molecule has 11 heavy (non-hydrogen) atoms. The lowest BCUT2D eigenvalue weighted by Crippen LogP contribution is -2.11. The fourth-order valence-electron chi connectivity index (χ4n) is 0.866. The molecule has 0 aromatic heterocycles. The second-order valence-electron chi connectivity index (χ2n) is 2.43. The average molecular weight is 150 g/mol. The molecule has 0 spiro atoms. The van der Waals surface area contributed by atoms with Crippen molar-refractivity contribution in [2.45, 2.75) is 6.92 Å². The predicted molar refractivity (Wildman–Crippen MR) is 43.9 cm³/mol. The van der Waals surface area contributed by atoms with Crippen molar-refractivity contribution in [1.29, 1.82) is 5.41 Å². The van der Waals surface area contributed by atoms with Crippen LogP contribution in [-0.2, 0) is 0 Å². The first-order valence-electron chi connectivity index (χ1n) is 3.25. The van der Waals surface area contributed by atoms with E-state index in [9.17, 15) is 5.11 Å². The van der Waals surface area contributed by atoms with Crippen molar-refractivity contribution in [2.24, 2.45) is 5.73 Å². The molecule has 0 aliphatic heterocycles. The zero-order valence-corrected chi connectivity index (χ0v) is 6.26. The maximum Gasteiger partial charge on any atom is 0.126 e. The number of hydrogen-bond donors (Lipinski definition) is 3. The second-order valence-corrected chi connectivity index (χ2v) is 2.43. The lowest BCUT2D eigenvalue weighted by Gasteiger charge is -2.02. The predicted octanol–water partition coefficient (Wildman–Crippen LogP) is 0.985. The van der Waals surface area contributed by atoms with Crippen LogP contribution in [0.15, 0.2) is 18.2 Å². The van der Waals surface area contributed by atoms with Crippen molar-refractivity contribution in [1.82, 2.24) is 0 Å². The zero-order chi connectivity index (χ0) is 8.43. The van der Waals surface area contributed by atoms with Gasteiger partial charge in [0, 0.05) is 0 Å². The maximum atomic E-state index is 9.18. The molecule has 0 fully saturated rings. The second kappa shape index (κ2) is 2.62. The highest BCUT2D eigenvalue weighted by atomic mass is 16.3. The lowest BCUT2D eigenvalue weighted by atomic mass is 10.1. The van der Waals surface area contributed by atoms with Crippen molar-refractivity contribution >= 4 is 5.84 Å². The van der Waals surface area contributed by atoms with E-state index >= 15 is 0 Å². The Kier molecular flexibility index (Phi) is 1.81. The van der Waals surface area contributed by atoms with Gasteiger partial charge in [0.05, 0.1) is 5.56 Å². The van der Waals surface area contributed by atoms with Gasteiger partial charge >= 0.3 is 0 Å². The Labute approximate surface area is 65.0 Å². The topological polar surface area (TPSA) is 70.1 Å². The number of nitrogen functional groups attached to an aromatic ring is 1. The van der Waals surface area contributed by atoms with Gasteiger partial charge in [-0.3, -0.25) is 5.41 Å². The van der Waals surface area contributed by atoms with Crippen LogP contribution >= 0.6 is 0 Å². The van der Waals surface area contributed by atoms with Gasteiger partial charge in [-0.15, -0.1) is 0 Å². The van der Waals surface area contributed by atoms with E-state index < -0.39 is 0 Å². The molecule has 1 rings (SSSR count). The van der Waals surface area contributed by atoms with Crippen LogP contribution in [-0.4, -0.2) is 10.9 Å². The third-order valence-corrected chi connectivity index (χ3v) is 1.44. The minimum absolute atomic E-state index is 0.0584. The number of nitrogens with two attached hydrogens (primary N) is 1. The van der Waals surface area contributed by atoms with E-state index in [1.54, 1.807) is 12.1 Å². The van der Waals surface area contributed by atoms with Crippen LogP contribution < -0.4 is 5.73 Å². The van der Waals surface area contributed by atoms with E-state index in [1.807, 2.05) is 6.92 Å². The molecular weight excluding hydrogens is 140 g/mol. The zero-order valence-electron chi connectivity index (χ0n) is 6.26. The molecule has 0 unspecified atom stereocenters. The van der Waals surface area contributed by atoms with Gasteiger partial charge < -0.3 is 10.8 Å². The number of nitrogens with one attached hydrogen (secondary N) is 1. The molecule has 0 atom stereocenters. The normalized spacial score (nSPS) is 9.55. The maximum absolute atomic E-state index is 9.18. The van der Waals surface area contributed by atoms with Crippen LogP contribution in [0.25, 0.3) is 0 Å². The molecule has 1 aromatic rings. The largest absolute Gasteiger partial charge is 0.507 e. The summed E-state index contributed by atoms with van der Waals surface area (Å²) in [6, 6.07) is 4.98. The molecule has 0 radical (unpaired) electrons. The Morgan fingerprint density at radius 2 is 2.18 bits per heavy atom. The summed E-state index contributed by atoms with van der Waals surface area (Å²) in [5.41, 5.74) is 6.58. The molecule has 0 saturated heterocycles. The highest BCUT2D eigenvalue weighted by Crippen LogP contribution is 2.16. The van der Waals surface area contributed by atoms with Gasteiger partial charge in [-0.2, -0.15) is 0 Å². The Bertz CT molecular complexity index is 294. The van der Waals surface area contributed by atoms with Crippen LogP contribution in [0.4, 0.5) is 0 Å². The van der Waals surface area contributed by atoms with Gasteiger partial charge in [-0.05, 0) is 19.1 Å². The molecule has 4 N–H and O–H groups in total. The number of hydrogen-bond acceptors (Lipinski definition) is 2. The fourth-order valence-corrected chi connectivity index (χ4v) is 0.866. The monoisotopic (exact) mass is 150 g/mol. The van der Waals surface area contributed by atoms with E-state index in [0.717, 1.165) is 5.56 Å². The number of amidine groups is 1. The molecule has 0 saturated carbocycles. The van der Waals surface area contributed by atoms with Crippen molar-refractivity contribution in [3.8, 4) is 5.75 Å². The first-order valence-corrected chi connectivity index (χ1v) is 3.25. The number of rotatable bonds is 1. The standard InChI is InChI=1S/C8H10N2O/c1-5-2-3-7(11)6(4-5)8(9)10/h2-4,11H,1H3,(H3,9,10). The van der Waals surface area contributed by atoms with Gasteiger partial charge in [0.15, 0.2) is 0 Å². The summed E-state index contributed by atoms with van der Waals surface area (Å²) < 4.78 is 0. The summed E-state index contributed by atoms with van der Waals surface area (Å²) in [7, 11) is 0. The first-order chi connectivity index (χ1) is 5.11. The summed E-state index contributed by atoms with van der Waals surface area (Å²) in [6.45, 7) is 1.88. The smallest absolute Gasteiger partial charge is 0.126 e. The number of phenolic OH excluding ortho intramolecular Hbond substituents is 1. The molecular formula is C8H10N2O. The van der Waals surface area contributed by atoms with Crippen molar-refractivity contribution in [2.75, 3.05) is 0 Å². The number of benzene rings is 1. The Hall–Kier alpha value is -1.51. The van der Waals surface area contributed by atoms with E-state index in [-0.39, 0.29) is 11.6 Å². The third kappa shape index (κ3) is 1.49. The van der Waals surface area contributed by atoms with Crippen molar-refractivity contribution in [3.05, 3.63) is 29.3 Å². The van der Waals surface area contributed by atoms with Crippen LogP contribution in [0.3, 0.4) is 0 Å². The molecule has 1 aromatic carbocycles. The third-order valence-electron chi connectivity index (χ3n) is 1.44. The average Bonchev–Trinajstić information content (AvgIpc) is 1.94. The van der Waals surface area contributed by atoms with Gasteiger partial charge in [0.2, 0.25) is 0 Å². The highest BCUT2D eigenvalue weighted by Gasteiger charge is 2.02. The van der Waals surface area contributed by atoms with E-state index in [2.05, 4.69) is 0 Å². The summed E-state index contributed by atoms with van der Waals surface area (Å²) in [5.74, 6) is -0.0469. The molecule has 0 bridgehead atoms. The molecule has 0 aliphatic rings. The van der Waals surface area contributed by atoms with Gasteiger partial charge in [-0.25, -0.2) is 0 Å². The Balaban J connectivity index is 3.23. The lowest BCUT2D eigenvalue weighted by molar-refractivity contribution is 0.474. The van der Waals surface area contributed by atoms with Crippen LogP contribution in [0, 0.1) is 12.3 Å². The van der Waals surface area contributed by atoms with E-state index in [0.29, 0.717) is 5.56 Å². The molecule has 0 aliphatic carbocycles. The molecule has 58 valence electrons. The van der Waals surface area contributed by atoms with Crippen molar-refractivity contribution in [3.63, 3.8) is 0 Å². The molecule has 3 nitrogen and oxygen atoms in total. The summed E-state index contributed by atoms with van der Waals surface area (Å²) in [4.78, 5) is 0. The Morgan fingerprint density at radius 1 is 1.55 bits per heavy atom. The van der Waals surface area contributed by atoms with Gasteiger partial charge in [0.1, 0.15) is 11.6 Å². The quantitative estimate of drug-likeness (QED) is 0.412. The summed E-state index contributed by atoms with van der Waals surface area (Å²) in [5, 5.41) is 16.3. The number of aromatic hydroxyl groups is 1. The SMILES string of the molecule is Cc1ccc(O)c(C(=N)N)c1. The summed E-state index contributed by atoms with van der Waals surface area (Å²) in [6.07, 6.45) is 0. The minimum Gasteiger partial charge on any atom is -0.507 e. The highest BCUT2D eigenvalue weighted by molar-refractivity contribution is 5.97. The minimum atomic E-state index is -0.105. The first kappa shape index (κ1) is 7.60. The fraction of sp³-hybridized carbons (Fsp3) is 0.125. The summed E-state index contributed by atoms with van der Waals surface area (Å²) >= 11 is 0.